The maximum atomic E-state index is 13.0. The first-order valence-electron chi connectivity index (χ1n) is 31.6. The van der Waals surface area contributed by atoms with Crippen LogP contribution in [0.5, 0.6) is 0 Å². The minimum atomic E-state index is -3.18. The summed E-state index contributed by atoms with van der Waals surface area (Å²) in [5, 5.41) is 18.6. The number of rotatable bonds is 4. The summed E-state index contributed by atoms with van der Waals surface area (Å²) >= 11 is 1.60. The molecule has 0 radical (unpaired) electrons. The molecular formula is C71H42N6OS. The molecule has 0 unspecified atom stereocenters. The zero-order valence-corrected chi connectivity index (χ0v) is 42.7. The van der Waals surface area contributed by atoms with Crippen LogP contribution in [0.3, 0.4) is 0 Å². The lowest BCUT2D eigenvalue weighted by atomic mass is 10.0. The number of hydrogen-bond donors (Lipinski definition) is 0. The van der Waals surface area contributed by atoms with E-state index < -0.39 is 66.8 Å². The molecule has 0 atom stereocenters. The average molecular weight is 1040 g/mol. The second kappa shape index (κ2) is 15.8. The quantitative estimate of drug-likeness (QED) is 0.165. The van der Waals surface area contributed by atoms with Crippen LogP contribution in [0.1, 0.15) is 38.7 Å². The summed E-state index contributed by atoms with van der Waals surface area (Å²) < 4.78 is 129. The second-order valence-corrected chi connectivity index (χ2v) is 21.2. The predicted molar refractivity (Wildman–Crippen MR) is 329 cm³/mol. The first kappa shape index (κ1) is 33.6. The minimum Gasteiger partial charge on any atom is -0.454 e. The fourth-order valence-electron chi connectivity index (χ4n) is 12.7. The highest BCUT2D eigenvalue weighted by Crippen LogP contribution is 2.54. The SMILES string of the molecule is [2H]c1c([2H])c([2H])c2c(oc3c2c([2H])c([2H])c2c4c([2H])c(C([2H])([2H])[2H])c([2H])c([2H])c4n(-c4c(-n5c6ccccc6c6ccccc65)c(C#N)c(-n5c6cc(C)c(C)cc6c6ccc7c8ccccc8sc7c65)c([N+]#[C-])c4-n4c5ccccc5c5ccccc54)c32)c1[2H]. The van der Waals surface area contributed by atoms with Crippen LogP contribution < -0.4 is 0 Å². The summed E-state index contributed by atoms with van der Waals surface area (Å²) in [6.07, 6.45) is 0. The normalized spacial score (nSPS) is 14.5. The Hall–Kier alpha value is -10.4. The molecule has 0 fully saturated rings. The van der Waals surface area contributed by atoms with Gasteiger partial charge < -0.3 is 22.7 Å². The number of aromatic nitrogens is 4. The van der Waals surface area contributed by atoms with Crippen molar-refractivity contribution in [2.45, 2.75) is 20.7 Å². The van der Waals surface area contributed by atoms with Crippen molar-refractivity contribution in [1.29, 1.82) is 5.26 Å². The van der Waals surface area contributed by atoms with Crippen molar-refractivity contribution in [3.8, 4) is 28.8 Å². The molecule has 0 N–H and O–H groups in total. The monoisotopic (exact) mass is 1040 g/mol. The van der Waals surface area contributed by atoms with Crippen LogP contribution in [-0.2, 0) is 0 Å². The van der Waals surface area contributed by atoms with Gasteiger partial charge in [-0.25, -0.2) is 4.85 Å². The van der Waals surface area contributed by atoms with Crippen molar-refractivity contribution in [2.24, 2.45) is 0 Å². The lowest BCUT2D eigenvalue weighted by Gasteiger charge is -2.27. The molecule has 0 amide bonds. The maximum Gasteiger partial charge on any atom is 0.237 e. The molecule has 0 aliphatic heterocycles. The molecule has 0 spiro atoms. The smallest absolute Gasteiger partial charge is 0.237 e. The van der Waals surface area contributed by atoms with Gasteiger partial charge in [-0.05, 0) is 98.5 Å². The average Bonchev–Trinajstić information content (AvgIpc) is 1.42. The van der Waals surface area contributed by atoms with E-state index in [-0.39, 0.29) is 77.7 Å². The van der Waals surface area contributed by atoms with Crippen molar-refractivity contribution >= 4 is 146 Å². The second-order valence-electron chi connectivity index (χ2n) is 20.1. The highest BCUT2D eigenvalue weighted by atomic mass is 32.1. The Morgan fingerprint density at radius 3 is 1.77 bits per heavy atom. The van der Waals surface area contributed by atoms with Crippen molar-refractivity contribution in [3.63, 3.8) is 0 Å². The molecule has 0 saturated carbocycles. The molecular weight excluding hydrogens is 985 g/mol. The predicted octanol–water partition coefficient (Wildman–Crippen LogP) is 19.7. The molecule has 0 aliphatic rings. The van der Waals surface area contributed by atoms with E-state index in [1.807, 2.05) is 137 Å². The third-order valence-corrected chi connectivity index (χ3v) is 17.3. The molecule has 0 aliphatic carbocycles. The summed E-state index contributed by atoms with van der Waals surface area (Å²) in [5.74, 6) is 0. The number of thiophene rings is 1. The van der Waals surface area contributed by atoms with Gasteiger partial charge in [-0.15, -0.1) is 11.3 Å². The number of furan rings is 1. The largest absolute Gasteiger partial charge is 0.454 e. The van der Waals surface area contributed by atoms with Crippen molar-refractivity contribution in [3.05, 3.63) is 234 Å². The van der Waals surface area contributed by atoms with E-state index in [1.165, 1.54) is 4.57 Å². The maximum absolute atomic E-state index is 13.0. The highest BCUT2D eigenvalue weighted by molar-refractivity contribution is 7.26. The van der Waals surface area contributed by atoms with Gasteiger partial charge in [0.05, 0.1) is 96.1 Å². The third-order valence-electron chi connectivity index (χ3n) is 16.1. The number of hydrogen-bond acceptors (Lipinski definition) is 3. The topological polar surface area (TPSA) is 61.0 Å². The zero-order chi connectivity index (χ0) is 62.9. The van der Waals surface area contributed by atoms with E-state index in [4.69, 9.17) is 16.1 Å². The van der Waals surface area contributed by atoms with E-state index in [0.717, 1.165) is 69.1 Å². The van der Waals surface area contributed by atoms with Gasteiger partial charge in [0.15, 0.2) is 5.58 Å². The Bertz CT molecular complexity index is 6120. The van der Waals surface area contributed by atoms with Gasteiger partial charge in [0.2, 0.25) is 5.69 Å². The Morgan fingerprint density at radius 2 is 1.10 bits per heavy atom. The van der Waals surface area contributed by atoms with E-state index in [0.29, 0.717) is 27.6 Å². The lowest BCUT2D eigenvalue weighted by Crippen LogP contribution is -2.14. The molecule has 11 aromatic carbocycles. The van der Waals surface area contributed by atoms with Crippen molar-refractivity contribution < 1.29 is 20.9 Å². The number of nitrogens with zero attached hydrogens (tertiary/aromatic N) is 6. The Kier molecular flexibility index (Phi) is 6.74. The summed E-state index contributed by atoms with van der Waals surface area (Å²) in [6, 6.07) is 44.0. The molecule has 0 bridgehead atoms. The molecule has 79 heavy (non-hydrogen) atoms. The summed E-state index contributed by atoms with van der Waals surface area (Å²) in [6.45, 7) is 10.9. The first-order chi connectivity index (χ1) is 43.9. The Labute approximate surface area is 472 Å². The molecule has 368 valence electrons. The van der Waals surface area contributed by atoms with Gasteiger partial charge in [-0.3, -0.25) is 0 Å². The van der Waals surface area contributed by atoms with Crippen LogP contribution >= 0.6 is 11.3 Å². The van der Waals surface area contributed by atoms with Crippen LogP contribution in [0.2, 0.25) is 0 Å². The number of benzene rings is 11. The Morgan fingerprint density at radius 1 is 0.506 bits per heavy atom. The molecule has 17 rings (SSSR count). The van der Waals surface area contributed by atoms with Gasteiger partial charge in [0.25, 0.3) is 0 Å². The molecule has 17 aromatic rings. The van der Waals surface area contributed by atoms with Crippen LogP contribution in [0.4, 0.5) is 5.69 Å². The summed E-state index contributed by atoms with van der Waals surface area (Å²) in [4.78, 5) is 4.70. The molecule has 0 saturated heterocycles. The third kappa shape index (κ3) is 5.67. The van der Waals surface area contributed by atoms with Crippen molar-refractivity contribution in [2.75, 3.05) is 0 Å². The highest BCUT2D eigenvalue weighted by Gasteiger charge is 2.36. The van der Waals surface area contributed by atoms with E-state index in [9.17, 15) is 21.4 Å². The van der Waals surface area contributed by atoms with Gasteiger partial charge in [-0.2, -0.15) is 5.26 Å². The van der Waals surface area contributed by atoms with Crippen molar-refractivity contribution in [1.82, 2.24) is 18.3 Å². The van der Waals surface area contributed by atoms with Crippen LogP contribution in [0.15, 0.2) is 204 Å². The fraction of sp³-hybridized carbons (Fsp3) is 0.0423. The summed E-state index contributed by atoms with van der Waals surface area (Å²) in [7, 11) is 0. The lowest BCUT2D eigenvalue weighted by molar-refractivity contribution is 0.671. The first-order valence-corrected chi connectivity index (χ1v) is 26.4. The standard InChI is InChI=1S/C71H42N6OS/c1-39-29-34-59-52(35-39)48-30-32-50-46-21-9-15-27-61(46)78-70(50)66(48)76(59)69-65(74-55-23-11-5-17-42(55)43-18-6-12-24-56(43)74)54(38-72)64(63(73-4)68(69)75-57-25-13-7-19-44(57)45-20-8-14-26-58(45)75)77-60-37-41(3)40(2)36-53(60)49-31-33-51-47-22-10-16-28-62(47)79-71(51)67(49)77/h5-37H,1-3H3/i1D3,9D,15D,21D,27D,29D,30D,32D,34D,35D. The zero-order valence-electron chi connectivity index (χ0n) is 53.9. The van der Waals surface area contributed by atoms with E-state index in [1.54, 1.807) is 11.3 Å². The number of fused-ring (bicyclic) bond motifs is 20. The minimum absolute atomic E-state index is 0.0310. The Balaban J connectivity index is 1.26. The number of para-hydroxylation sites is 5. The molecule has 8 heteroatoms. The molecule has 6 aromatic heterocycles. The van der Waals surface area contributed by atoms with Gasteiger partial charge in [0, 0.05) is 73.4 Å². The van der Waals surface area contributed by atoms with Crippen LogP contribution in [0.25, 0.3) is 157 Å². The fourth-order valence-corrected chi connectivity index (χ4v) is 14.0. The van der Waals surface area contributed by atoms with Gasteiger partial charge in [0.1, 0.15) is 11.7 Å². The van der Waals surface area contributed by atoms with Gasteiger partial charge in [-0.1, -0.05) is 139 Å². The van der Waals surface area contributed by atoms with Crippen LogP contribution in [-0.4, -0.2) is 18.3 Å². The molecule has 6 heterocycles. The van der Waals surface area contributed by atoms with E-state index in [2.05, 4.69) is 42.5 Å². The van der Waals surface area contributed by atoms with Gasteiger partial charge >= 0.3 is 0 Å². The number of aryl methyl sites for hydroxylation is 2. The van der Waals surface area contributed by atoms with E-state index >= 15 is 0 Å². The summed E-state index contributed by atoms with van der Waals surface area (Å²) in [5.41, 5.74) is 3.92. The molecule has 7 nitrogen and oxygen atoms in total. The number of nitriles is 1. The van der Waals surface area contributed by atoms with Crippen LogP contribution in [0, 0.1) is 38.6 Å².